The Labute approximate surface area is 155 Å². The lowest BCUT2D eigenvalue weighted by atomic mass is 10.1. The highest BCUT2D eigenvalue weighted by molar-refractivity contribution is 5.93. The molecule has 2 heterocycles. The molecule has 1 aromatic carbocycles. The van der Waals surface area contributed by atoms with Crippen LogP contribution >= 0.6 is 0 Å². The van der Waals surface area contributed by atoms with Gasteiger partial charge in [0.1, 0.15) is 11.4 Å². The maximum absolute atomic E-state index is 14.8. The van der Waals surface area contributed by atoms with E-state index in [1.165, 1.54) is 12.3 Å². The van der Waals surface area contributed by atoms with Crippen molar-refractivity contribution in [2.75, 3.05) is 44.2 Å². The van der Waals surface area contributed by atoms with Crippen LogP contribution in [0, 0.1) is 5.82 Å². The maximum atomic E-state index is 14.8. The molecule has 7 nitrogen and oxygen atoms in total. The number of β-amino-alcohol motifs (C(OH)–C–C–N with tert-alkyl or cyclic N) is 1. The van der Waals surface area contributed by atoms with Crippen molar-refractivity contribution < 1.29 is 19.4 Å². The van der Waals surface area contributed by atoms with E-state index in [0.717, 1.165) is 25.9 Å². The number of anilines is 1. The second kappa shape index (κ2) is 6.94. The summed E-state index contributed by atoms with van der Waals surface area (Å²) in [7, 11) is 0. The molecule has 27 heavy (non-hydrogen) atoms. The molecule has 1 aliphatic heterocycles. The van der Waals surface area contributed by atoms with Gasteiger partial charge in [-0.3, -0.25) is 9.69 Å². The van der Waals surface area contributed by atoms with Crippen molar-refractivity contribution >= 4 is 22.6 Å². The smallest absolute Gasteiger partial charge is 0.341 e. The molecule has 2 N–H and O–H groups in total. The number of carboxylic acids is 1. The van der Waals surface area contributed by atoms with Gasteiger partial charge < -0.3 is 19.7 Å². The number of hydrogen-bond acceptors (Lipinski definition) is 5. The fourth-order valence-electron chi connectivity index (χ4n) is 3.76. The Morgan fingerprint density at radius 2 is 1.89 bits per heavy atom. The molecular formula is C19H22FN3O4. The van der Waals surface area contributed by atoms with Crippen LogP contribution in [0.5, 0.6) is 0 Å². The standard InChI is InChI=1S/C19H22FN3O4/c20-15-9-13-16(10-17(15)22-5-3-21(4-6-22)7-8-24)23(12-1-2-12)11-14(18(13)25)19(26)27/h9-12,24H,1-8H2,(H,26,27). The molecule has 144 valence electrons. The molecule has 0 bridgehead atoms. The SMILES string of the molecule is O=C(O)c1cn(C2CC2)c2cc(N3CCN(CCO)CC3)c(F)cc2c1=O. The van der Waals surface area contributed by atoms with E-state index in [1.807, 2.05) is 9.47 Å². The number of piperazine rings is 1. The van der Waals surface area contributed by atoms with Crippen molar-refractivity contribution in [1.29, 1.82) is 0 Å². The molecule has 1 saturated heterocycles. The van der Waals surface area contributed by atoms with Gasteiger partial charge in [-0.15, -0.1) is 0 Å². The van der Waals surface area contributed by atoms with E-state index < -0.39 is 17.2 Å². The average Bonchev–Trinajstić information content (AvgIpc) is 3.48. The van der Waals surface area contributed by atoms with Crippen LogP contribution in [0.2, 0.25) is 0 Å². The summed E-state index contributed by atoms with van der Waals surface area (Å²) in [5.41, 5.74) is 0.0523. The monoisotopic (exact) mass is 375 g/mol. The lowest BCUT2D eigenvalue weighted by Gasteiger charge is -2.36. The fourth-order valence-corrected chi connectivity index (χ4v) is 3.76. The van der Waals surface area contributed by atoms with E-state index in [0.29, 0.717) is 30.8 Å². The molecule has 2 fully saturated rings. The summed E-state index contributed by atoms with van der Waals surface area (Å²) < 4.78 is 16.6. The molecule has 0 spiro atoms. The minimum Gasteiger partial charge on any atom is -0.477 e. The third-order valence-electron chi connectivity index (χ3n) is 5.40. The summed E-state index contributed by atoms with van der Waals surface area (Å²) in [6, 6.07) is 3.02. The van der Waals surface area contributed by atoms with Crippen LogP contribution in [-0.4, -0.2) is 65.0 Å². The summed E-state index contributed by atoms with van der Waals surface area (Å²) in [5, 5.41) is 18.5. The number of pyridine rings is 1. The number of aliphatic hydroxyl groups excluding tert-OH is 1. The van der Waals surface area contributed by atoms with Crippen molar-refractivity contribution in [1.82, 2.24) is 9.47 Å². The molecule has 0 radical (unpaired) electrons. The highest BCUT2D eigenvalue weighted by Crippen LogP contribution is 2.38. The number of carboxylic acid groups (broad SMARTS) is 1. The summed E-state index contributed by atoms with van der Waals surface area (Å²) in [6.45, 7) is 3.42. The maximum Gasteiger partial charge on any atom is 0.341 e. The first-order chi connectivity index (χ1) is 13.0. The molecule has 2 aromatic rings. The number of rotatable bonds is 5. The van der Waals surface area contributed by atoms with Crippen molar-refractivity contribution in [3.05, 3.63) is 39.9 Å². The first kappa shape index (κ1) is 17.9. The molecule has 1 aromatic heterocycles. The number of hydrogen-bond donors (Lipinski definition) is 2. The second-order valence-corrected chi connectivity index (χ2v) is 7.19. The number of aromatic nitrogens is 1. The average molecular weight is 375 g/mol. The van der Waals surface area contributed by atoms with Gasteiger partial charge >= 0.3 is 5.97 Å². The van der Waals surface area contributed by atoms with E-state index >= 15 is 0 Å². The zero-order chi connectivity index (χ0) is 19.1. The number of aliphatic hydroxyl groups is 1. The quantitative estimate of drug-likeness (QED) is 0.819. The number of fused-ring (bicyclic) bond motifs is 1. The number of aromatic carboxylic acids is 1. The van der Waals surface area contributed by atoms with Crippen LogP contribution in [0.3, 0.4) is 0 Å². The van der Waals surface area contributed by atoms with E-state index in [-0.39, 0.29) is 23.6 Å². The molecule has 1 saturated carbocycles. The highest BCUT2D eigenvalue weighted by Gasteiger charge is 2.28. The van der Waals surface area contributed by atoms with E-state index in [2.05, 4.69) is 4.90 Å². The van der Waals surface area contributed by atoms with Gasteiger partial charge in [0.25, 0.3) is 0 Å². The van der Waals surface area contributed by atoms with Gasteiger partial charge in [-0.2, -0.15) is 0 Å². The first-order valence-corrected chi connectivity index (χ1v) is 9.19. The van der Waals surface area contributed by atoms with Gasteiger partial charge in [0.15, 0.2) is 0 Å². The van der Waals surface area contributed by atoms with Gasteiger partial charge in [-0.1, -0.05) is 0 Å². The highest BCUT2D eigenvalue weighted by atomic mass is 19.1. The Kier molecular flexibility index (Phi) is 4.61. The summed E-state index contributed by atoms with van der Waals surface area (Å²) in [5.74, 6) is -1.80. The minimum atomic E-state index is -1.29. The molecule has 0 unspecified atom stereocenters. The summed E-state index contributed by atoms with van der Waals surface area (Å²) in [6.07, 6.45) is 3.23. The van der Waals surface area contributed by atoms with Gasteiger partial charge in [0.05, 0.1) is 17.8 Å². The van der Waals surface area contributed by atoms with E-state index in [9.17, 15) is 19.1 Å². The van der Waals surface area contributed by atoms with Gasteiger partial charge in [0, 0.05) is 50.3 Å². The normalized spacial score (nSPS) is 18.2. The number of benzene rings is 1. The molecule has 0 atom stereocenters. The van der Waals surface area contributed by atoms with Crippen molar-refractivity contribution in [2.24, 2.45) is 0 Å². The molecule has 2 aliphatic rings. The Bertz CT molecular complexity index is 946. The number of carbonyl (C=O) groups is 1. The van der Waals surface area contributed by atoms with Crippen molar-refractivity contribution in [2.45, 2.75) is 18.9 Å². The van der Waals surface area contributed by atoms with Crippen molar-refractivity contribution in [3.8, 4) is 0 Å². The Morgan fingerprint density at radius 3 is 2.48 bits per heavy atom. The predicted molar refractivity (Wildman–Crippen MR) is 99.1 cm³/mol. The summed E-state index contributed by atoms with van der Waals surface area (Å²) >= 11 is 0. The third-order valence-corrected chi connectivity index (χ3v) is 5.40. The topological polar surface area (TPSA) is 86.0 Å². The molecule has 0 amide bonds. The van der Waals surface area contributed by atoms with E-state index in [4.69, 9.17) is 5.11 Å². The molecular weight excluding hydrogens is 353 g/mol. The Hall–Kier alpha value is -2.45. The van der Waals surface area contributed by atoms with Gasteiger partial charge in [-0.05, 0) is 25.0 Å². The Balaban J connectivity index is 1.77. The predicted octanol–water partition coefficient (Wildman–Crippen LogP) is 1.29. The molecule has 1 aliphatic carbocycles. The van der Waals surface area contributed by atoms with Crippen LogP contribution < -0.4 is 10.3 Å². The zero-order valence-electron chi connectivity index (χ0n) is 14.9. The van der Waals surface area contributed by atoms with Crippen LogP contribution in [0.15, 0.2) is 23.1 Å². The van der Waals surface area contributed by atoms with E-state index in [1.54, 1.807) is 6.07 Å². The van der Waals surface area contributed by atoms with Crippen LogP contribution in [0.1, 0.15) is 29.2 Å². The first-order valence-electron chi connectivity index (χ1n) is 9.19. The molecule has 8 heteroatoms. The fraction of sp³-hybridized carbons (Fsp3) is 0.474. The van der Waals surface area contributed by atoms with Gasteiger partial charge in [-0.25, -0.2) is 9.18 Å². The van der Waals surface area contributed by atoms with Crippen molar-refractivity contribution in [3.63, 3.8) is 0 Å². The number of halogens is 1. The van der Waals surface area contributed by atoms with Crippen LogP contribution in [-0.2, 0) is 0 Å². The third kappa shape index (κ3) is 3.30. The number of nitrogens with zero attached hydrogens (tertiary/aromatic N) is 3. The van der Waals surface area contributed by atoms with Crippen LogP contribution in [0.4, 0.5) is 10.1 Å². The minimum absolute atomic E-state index is 0.101. The second-order valence-electron chi connectivity index (χ2n) is 7.19. The van der Waals surface area contributed by atoms with Gasteiger partial charge in [0.2, 0.25) is 5.43 Å². The van der Waals surface area contributed by atoms with Crippen LogP contribution in [0.25, 0.3) is 10.9 Å². The molecule has 4 rings (SSSR count). The lowest BCUT2D eigenvalue weighted by Crippen LogP contribution is -2.47. The zero-order valence-corrected chi connectivity index (χ0v) is 14.9. The largest absolute Gasteiger partial charge is 0.477 e. The Morgan fingerprint density at radius 1 is 1.19 bits per heavy atom. The lowest BCUT2D eigenvalue weighted by molar-refractivity contribution is 0.0695. The summed E-state index contributed by atoms with van der Waals surface area (Å²) in [4.78, 5) is 28.0.